The van der Waals surface area contributed by atoms with E-state index >= 15 is 0 Å². The summed E-state index contributed by atoms with van der Waals surface area (Å²) in [6, 6.07) is 0. The van der Waals surface area contributed by atoms with Crippen molar-refractivity contribution in [2.24, 2.45) is 28.6 Å². The maximum absolute atomic E-state index is 14.1. The molecule has 0 radical (unpaired) electrons. The van der Waals surface area contributed by atoms with Crippen LogP contribution < -0.4 is 0 Å². The first-order valence-corrected chi connectivity index (χ1v) is 21.2. The van der Waals surface area contributed by atoms with Crippen LogP contribution in [0.25, 0.3) is 0 Å². The third-order valence-electron chi connectivity index (χ3n) is 12.0. The molecular weight excluding hydrogens is 619 g/mol. The van der Waals surface area contributed by atoms with Crippen LogP contribution in [-0.4, -0.2) is 67.7 Å². The second-order valence-electron chi connectivity index (χ2n) is 15.4. The Labute approximate surface area is 270 Å². The summed E-state index contributed by atoms with van der Waals surface area (Å²) in [5.41, 5.74) is -2.14. The van der Waals surface area contributed by atoms with Crippen LogP contribution in [0.15, 0.2) is 23.8 Å². The zero-order valence-electron chi connectivity index (χ0n) is 28.3. The minimum Gasteiger partial charge on any atom is -0.412 e. The molecule has 0 heterocycles. The minimum atomic E-state index is -3.52. The fraction of sp³-hybridized carbons (Fsp3) is 0.818. The van der Waals surface area contributed by atoms with Gasteiger partial charge in [-0.3, -0.25) is 14.2 Å². The fourth-order valence-corrected chi connectivity index (χ4v) is 11.9. The third-order valence-corrected chi connectivity index (χ3v) is 19.2. The van der Waals surface area contributed by atoms with Gasteiger partial charge in [-0.15, -0.1) is 11.6 Å². The molecule has 11 heteroatoms. The number of ketones is 2. The highest BCUT2D eigenvalue weighted by atomic mass is 35.5. The Bertz CT molecular complexity index is 1250. The summed E-state index contributed by atoms with van der Waals surface area (Å²) in [5.74, 6) is -0.954. The van der Waals surface area contributed by atoms with Gasteiger partial charge in [-0.2, -0.15) is 0 Å². The van der Waals surface area contributed by atoms with E-state index in [4.69, 9.17) is 29.8 Å². The van der Waals surface area contributed by atoms with Crippen molar-refractivity contribution in [1.29, 1.82) is 0 Å². The first-order chi connectivity index (χ1) is 20.2. The number of Topliss-reactive ketones (excluding diaryl/α,β-unsaturated/α-hetero) is 1. The molecule has 0 bridgehead atoms. The van der Waals surface area contributed by atoms with Gasteiger partial charge in [-0.1, -0.05) is 53.2 Å². The van der Waals surface area contributed by atoms with E-state index in [0.29, 0.717) is 12.8 Å². The molecule has 0 aromatic heterocycles. The van der Waals surface area contributed by atoms with E-state index in [-0.39, 0.29) is 48.1 Å². The van der Waals surface area contributed by atoms with Gasteiger partial charge in [-0.25, -0.2) is 0 Å². The summed E-state index contributed by atoms with van der Waals surface area (Å²) in [7, 11) is -5.91. The molecule has 4 rings (SSSR count). The number of carbonyl (C=O) groups is 2. The standard InChI is InChI=1S/C33H54ClO8PSi/c1-11-40-43(38,41-12-2)21-39-20-27(36)33(37)22(3)17-26-25-14-13-23-18-24(35)15-16-30(23,7)32(25,34)28(19-31(26,33)8)42-44(9,10)29(4,5)6/h15-16,18,22,25-26,28,37H,11-14,17,19-21H2,1-10H3/t22-,25-,26-,28-,30-,31-,32-,33-/m0/s1. The number of aliphatic hydroxyl groups is 1. The van der Waals surface area contributed by atoms with Crippen molar-refractivity contribution in [2.45, 2.75) is 116 Å². The number of halogens is 1. The summed E-state index contributed by atoms with van der Waals surface area (Å²) in [6.07, 6.45) is 6.98. The van der Waals surface area contributed by atoms with Gasteiger partial charge >= 0.3 is 7.60 Å². The Morgan fingerprint density at radius 2 is 1.77 bits per heavy atom. The Hall–Kier alpha value is -0.643. The lowest BCUT2D eigenvalue weighted by Crippen LogP contribution is -2.70. The van der Waals surface area contributed by atoms with Crippen LogP contribution in [0.3, 0.4) is 0 Å². The van der Waals surface area contributed by atoms with Crippen LogP contribution in [0.2, 0.25) is 18.1 Å². The van der Waals surface area contributed by atoms with Gasteiger partial charge in [-0.05, 0) is 87.6 Å². The SMILES string of the molecule is CCOP(=O)(COCC(=O)[C@@]1(O)[C@@H](C)C[C@H]2[C@@H]3CCC4=CC(=O)C=C[C@]4(C)[C@@]3(Cl)[C@@H](O[Si](C)(C)C(C)(C)C)C[C@@]21C)OCC. The summed E-state index contributed by atoms with van der Waals surface area (Å²) >= 11 is 8.05. The number of alkyl halides is 1. The summed E-state index contributed by atoms with van der Waals surface area (Å²) < 4.78 is 36.5. The second kappa shape index (κ2) is 12.1. The van der Waals surface area contributed by atoms with E-state index in [1.165, 1.54) is 0 Å². The molecule has 44 heavy (non-hydrogen) atoms. The number of fused-ring (bicyclic) bond motifs is 5. The summed E-state index contributed by atoms with van der Waals surface area (Å²) in [4.78, 5) is 25.7. The maximum Gasteiger partial charge on any atom is 0.356 e. The van der Waals surface area contributed by atoms with Gasteiger partial charge in [0.1, 0.15) is 18.6 Å². The molecule has 250 valence electrons. The minimum absolute atomic E-state index is 0.0219. The molecule has 0 amide bonds. The molecule has 4 aliphatic carbocycles. The van der Waals surface area contributed by atoms with Crippen molar-refractivity contribution in [3.8, 4) is 0 Å². The third kappa shape index (κ3) is 5.53. The lowest BCUT2D eigenvalue weighted by Gasteiger charge is -2.65. The number of rotatable bonds is 11. The molecule has 3 fully saturated rings. The zero-order valence-corrected chi connectivity index (χ0v) is 31.0. The van der Waals surface area contributed by atoms with Crippen LogP contribution in [0, 0.1) is 28.6 Å². The molecule has 3 saturated carbocycles. The predicted octanol–water partition coefficient (Wildman–Crippen LogP) is 7.44. The Morgan fingerprint density at radius 1 is 1.16 bits per heavy atom. The number of carbonyl (C=O) groups excluding carboxylic acids is 2. The van der Waals surface area contributed by atoms with Gasteiger partial charge < -0.3 is 23.3 Å². The van der Waals surface area contributed by atoms with Gasteiger partial charge in [0.05, 0.1) is 24.2 Å². The normalized spacial score (nSPS) is 39.0. The maximum atomic E-state index is 14.1. The highest BCUT2D eigenvalue weighted by Crippen LogP contribution is 2.72. The molecule has 0 aliphatic heterocycles. The van der Waals surface area contributed by atoms with Crippen LogP contribution >= 0.6 is 19.2 Å². The molecule has 4 aliphatic rings. The highest BCUT2D eigenvalue weighted by Gasteiger charge is 2.75. The highest BCUT2D eigenvalue weighted by molar-refractivity contribution is 7.53. The van der Waals surface area contributed by atoms with Crippen LogP contribution in [0.4, 0.5) is 0 Å². The smallest absolute Gasteiger partial charge is 0.356 e. The van der Waals surface area contributed by atoms with Gasteiger partial charge in [0.2, 0.25) is 0 Å². The monoisotopic (exact) mass is 672 g/mol. The molecule has 8 nitrogen and oxygen atoms in total. The molecule has 0 spiro atoms. The predicted molar refractivity (Wildman–Crippen MR) is 175 cm³/mol. The Kier molecular flexibility index (Phi) is 9.96. The van der Waals surface area contributed by atoms with E-state index in [0.717, 1.165) is 18.4 Å². The van der Waals surface area contributed by atoms with Crippen molar-refractivity contribution in [2.75, 3.05) is 26.2 Å². The van der Waals surface area contributed by atoms with E-state index in [9.17, 15) is 19.3 Å². The van der Waals surface area contributed by atoms with Crippen molar-refractivity contribution in [1.82, 2.24) is 0 Å². The van der Waals surface area contributed by atoms with Crippen molar-refractivity contribution >= 4 is 39.1 Å². The van der Waals surface area contributed by atoms with Crippen LogP contribution in [-0.2, 0) is 32.4 Å². The number of hydrogen-bond donors (Lipinski definition) is 1. The average Bonchev–Trinajstić information content (AvgIpc) is 3.10. The van der Waals surface area contributed by atoms with Gasteiger partial charge in [0, 0.05) is 10.8 Å². The summed E-state index contributed by atoms with van der Waals surface area (Å²) in [6.45, 7) is 20.5. The average molecular weight is 673 g/mol. The summed E-state index contributed by atoms with van der Waals surface area (Å²) in [5, 5.41) is 12.5. The Morgan fingerprint density at radius 3 is 2.34 bits per heavy atom. The van der Waals surface area contributed by atoms with Gasteiger partial charge in [0.15, 0.2) is 19.9 Å². The lowest BCUT2D eigenvalue weighted by atomic mass is 9.45. The Balaban J connectivity index is 1.75. The molecule has 0 saturated heterocycles. The second-order valence-corrected chi connectivity index (χ2v) is 22.7. The van der Waals surface area contributed by atoms with Crippen molar-refractivity contribution < 1.29 is 37.5 Å². The van der Waals surface area contributed by atoms with Crippen molar-refractivity contribution in [3.05, 3.63) is 23.8 Å². The van der Waals surface area contributed by atoms with Crippen LogP contribution in [0.5, 0.6) is 0 Å². The van der Waals surface area contributed by atoms with E-state index < -0.39 is 55.7 Å². The molecule has 8 atom stereocenters. The molecule has 0 unspecified atom stereocenters. The molecular formula is C33H54ClO8PSi. The van der Waals surface area contributed by atoms with Gasteiger partial charge in [0.25, 0.3) is 0 Å². The van der Waals surface area contributed by atoms with E-state index in [2.05, 4.69) is 40.8 Å². The van der Waals surface area contributed by atoms with E-state index in [1.807, 2.05) is 19.9 Å². The van der Waals surface area contributed by atoms with Crippen molar-refractivity contribution in [3.63, 3.8) is 0 Å². The van der Waals surface area contributed by atoms with Crippen LogP contribution in [0.1, 0.15) is 81.1 Å². The fourth-order valence-electron chi connectivity index (χ4n) is 8.63. The van der Waals surface area contributed by atoms with E-state index in [1.54, 1.807) is 26.0 Å². The lowest BCUT2D eigenvalue weighted by molar-refractivity contribution is -0.179. The quantitative estimate of drug-likeness (QED) is 0.137. The number of hydrogen-bond acceptors (Lipinski definition) is 8. The molecule has 1 N–H and O–H groups in total. The first-order valence-electron chi connectivity index (χ1n) is 16.2. The number of allylic oxidation sites excluding steroid dienone is 4. The topological polar surface area (TPSA) is 108 Å². The zero-order chi connectivity index (χ0) is 33.1. The first kappa shape index (κ1) is 36.2. The number of ether oxygens (including phenoxy) is 1. The molecule has 0 aromatic carbocycles. The molecule has 0 aromatic rings. The largest absolute Gasteiger partial charge is 0.412 e.